The van der Waals surface area contributed by atoms with E-state index in [0.29, 0.717) is 28.0 Å². The van der Waals surface area contributed by atoms with Crippen molar-refractivity contribution in [3.63, 3.8) is 0 Å². The summed E-state index contributed by atoms with van der Waals surface area (Å²) < 4.78 is 21.9. The molecule has 1 heterocycles. The summed E-state index contributed by atoms with van der Waals surface area (Å²) in [5, 5.41) is 3.49. The summed E-state index contributed by atoms with van der Waals surface area (Å²) in [5.41, 5.74) is 0.802. The summed E-state index contributed by atoms with van der Waals surface area (Å²) in [6, 6.07) is 15.5. The molecule has 7 heteroatoms. The smallest absolute Gasteiger partial charge is 0.287 e. The van der Waals surface area contributed by atoms with Gasteiger partial charge in [0.2, 0.25) is 0 Å². The van der Waals surface area contributed by atoms with Gasteiger partial charge in [-0.25, -0.2) is 0 Å². The highest BCUT2D eigenvalue weighted by atomic mass is 35.5. The Morgan fingerprint density at radius 1 is 1.07 bits per heavy atom. The SMILES string of the molecule is COc1ccc(OC)c(C(C)NC(=O)c2ccc(COc3cccc(Cl)c3)o2)c1. The number of amides is 1. The maximum absolute atomic E-state index is 12.6. The van der Waals surface area contributed by atoms with E-state index >= 15 is 0 Å². The fourth-order valence-corrected chi connectivity index (χ4v) is 2.99. The van der Waals surface area contributed by atoms with E-state index in [9.17, 15) is 4.79 Å². The van der Waals surface area contributed by atoms with Crippen LogP contribution in [0.25, 0.3) is 0 Å². The molecule has 0 bridgehead atoms. The lowest BCUT2D eigenvalue weighted by molar-refractivity contribution is 0.0907. The summed E-state index contributed by atoms with van der Waals surface area (Å²) in [6.07, 6.45) is 0. The lowest BCUT2D eigenvalue weighted by atomic mass is 10.1. The molecule has 6 nitrogen and oxygen atoms in total. The molecule has 0 aliphatic rings. The Morgan fingerprint density at radius 3 is 2.62 bits per heavy atom. The van der Waals surface area contributed by atoms with Gasteiger partial charge in [-0.15, -0.1) is 0 Å². The molecular formula is C22H22ClNO5. The minimum Gasteiger partial charge on any atom is -0.497 e. The number of benzene rings is 2. The molecular weight excluding hydrogens is 394 g/mol. The highest BCUT2D eigenvalue weighted by Crippen LogP contribution is 2.29. The maximum atomic E-state index is 12.6. The maximum Gasteiger partial charge on any atom is 0.287 e. The van der Waals surface area contributed by atoms with Crippen molar-refractivity contribution >= 4 is 17.5 Å². The summed E-state index contributed by atoms with van der Waals surface area (Å²) in [5.74, 6) is 2.36. The predicted octanol–water partition coefficient (Wildman–Crippen LogP) is 5.02. The van der Waals surface area contributed by atoms with Crippen molar-refractivity contribution in [1.82, 2.24) is 5.32 Å². The molecule has 0 radical (unpaired) electrons. The van der Waals surface area contributed by atoms with Crippen LogP contribution in [0.5, 0.6) is 17.2 Å². The third kappa shape index (κ3) is 5.23. The van der Waals surface area contributed by atoms with Gasteiger partial charge in [-0.05, 0) is 55.5 Å². The van der Waals surface area contributed by atoms with E-state index in [1.807, 2.05) is 13.0 Å². The first-order valence-corrected chi connectivity index (χ1v) is 9.38. The van der Waals surface area contributed by atoms with Crippen molar-refractivity contribution in [3.05, 3.63) is 76.7 Å². The van der Waals surface area contributed by atoms with Crippen molar-refractivity contribution in [1.29, 1.82) is 0 Å². The molecule has 0 fully saturated rings. The molecule has 2 aromatic carbocycles. The molecule has 0 aliphatic heterocycles. The summed E-state index contributed by atoms with van der Waals surface area (Å²) in [6.45, 7) is 2.05. The fourth-order valence-electron chi connectivity index (χ4n) is 2.81. The molecule has 0 spiro atoms. The lowest BCUT2D eigenvalue weighted by Crippen LogP contribution is -2.26. The van der Waals surface area contributed by atoms with Crippen LogP contribution in [0.15, 0.2) is 59.0 Å². The van der Waals surface area contributed by atoms with E-state index in [4.69, 9.17) is 30.2 Å². The number of carbonyl (C=O) groups is 1. The second kappa shape index (κ2) is 9.39. The van der Waals surface area contributed by atoms with Gasteiger partial charge in [0, 0.05) is 10.6 Å². The molecule has 3 aromatic rings. The first kappa shape index (κ1) is 20.6. The zero-order valence-corrected chi connectivity index (χ0v) is 17.2. The van der Waals surface area contributed by atoms with E-state index in [0.717, 1.165) is 5.56 Å². The van der Waals surface area contributed by atoms with Crippen LogP contribution < -0.4 is 19.5 Å². The quantitative estimate of drug-likeness (QED) is 0.559. The second-order valence-corrected chi connectivity index (χ2v) is 6.75. The number of hydrogen-bond donors (Lipinski definition) is 1. The molecule has 29 heavy (non-hydrogen) atoms. The number of furan rings is 1. The van der Waals surface area contributed by atoms with Gasteiger partial charge >= 0.3 is 0 Å². The second-order valence-electron chi connectivity index (χ2n) is 6.32. The molecule has 0 saturated carbocycles. The minimum absolute atomic E-state index is 0.187. The average molecular weight is 416 g/mol. The van der Waals surface area contributed by atoms with E-state index < -0.39 is 0 Å². The number of carbonyl (C=O) groups excluding carboxylic acids is 1. The Kier molecular flexibility index (Phi) is 6.67. The molecule has 1 atom stereocenters. The van der Waals surface area contributed by atoms with Crippen molar-refractivity contribution in [2.24, 2.45) is 0 Å². The Balaban J connectivity index is 1.64. The van der Waals surface area contributed by atoms with E-state index in [2.05, 4.69) is 5.32 Å². The van der Waals surface area contributed by atoms with Gasteiger partial charge in [0.1, 0.15) is 29.6 Å². The van der Waals surface area contributed by atoms with Crippen LogP contribution in [0.3, 0.4) is 0 Å². The monoisotopic (exact) mass is 415 g/mol. The van der Waals surface area contributed by atoms with Crippen LogP contribution in [0.1, 0.15) is 34.8 Å². The highest BCUT2D eigenvalue weighted by molar-refractivity contribution is 6.30. The molecule has 152 valence electrons. The van der Waals surface area contributed by atoms with Crippen LogP contribution in [0.4, 0.5) is 0 Å². The predicted molar refractivity (Wildman–Crippen MR) is 110 cm³/mol. The molecule has 3 rings (SSSR count). The number of ether oxygens (including phenoxy) is 3. The average Bonchev–Trinajstić information content (AvgIpc) is 3.21. The fraction of sp³-hybridized carbons (Fsp3) is 0.227. The highest BCUT2D eigenvalue weighted by Gasteiger charge is 2.18. The van der Waals surface area contributed by atoms with Gasteiger partial charge in [0.05, 0.1) is 20.3 Å². The molecule has 0 saturated heterocycles. The van der Waals surface area contributed by atoms with Crippen molar-refractivity contribution < 1.29 is 23.4 Å². The summed E-state index contributed by atoms with van der Waals surface area (Å²) in [7, 11) is 3.17. The Hall–Kier alpha value is -3.12. The van der Waals surface area contributed by atoms with Gasteiger partial charge in [-0.3, -0.25) is 4.79 Å². The molecule has 1 N–H and O–H groups in total. The van der Waals surface area contributed by atoms with Crippen molar-refractivity contribution in [3.8, 4) is 17.2 Å². The largest absolute Gasteiger partial charge is 0.497 e. The van der Waals surface area contributed by atoms with Gasteiger partial charge in [0.25, 0.3) is 5.91 Å². The zero-order valence-electron chi connectivity index (χ0n) is 16.4. The van der Waals surface area contributed by atoms with Crippen LogP contribution in [0, 0.1) is 0 Å². The third-order valence-corrected chi connectivity index (χ3v) is 4.55. The number of halogens is 1. The summed E-state index contributed by atoms with van der Waals surface area (Å²) in [4.78, 5) is 12.6. The van der Waals surface area contributed by atoms with Gasteiger partial charge < -0.3 is 23.9 Å². The number of methoxy groups -OCH3 is 2. The summed E-state index contributed by atoms with van der Waals surface area (Å²) >= 11 is 5.94. The van der Waals surface area contributed by atoms with E-state index in [1.165, 1.54) is 0 Å². The van der Waals surface area contributed by atoms with E-state index in [1.54, 1.807) is 62.8 Å². The molecule has 1 aromatic heterocycles. The van der Waals surface area contributed by atoms with Gasteiger partial charge in [0.15, 0.2) is 5.76 Å². The van der Waals surface area contributed by atoms with Gasteiger partial charge in [-0.2, -0.15) is 0 Å². The standard InChI is InChI=1S/C22H22ClNO5/c1-14(19-12-16(26-2)7-9-20(19)27-3)24-22(25)21-10-8-18(29-21)13-28-17-6-4-5-15(23)11-17/h4-12,14H,13H2,1-3H3,(H,24,25). The van der Waals surface area contributed by atoms with Crippen LogP contribution >= 0.6 is 11.6 Å². The van der Waals surface area contributed by atoms with Crippen molar-refractivity contribution in [2.75, 3.05) is 14.2 Å². The Labute approximate surface area is 174 Å². The van der Waals surface area contributed by atoms with Crippen molar-refractivity contribution in [2.45, 2.75) is 19.6 Å². The Morgan fingerprint density at radius 2 is 1.90 bits per heavy atom. The number of hydrogen-bond acceptors (Lipinski definition) is 5. The number of rotatable bonds is 8. The first-order valence-electron chi connectivity index (χ1n) is 9.00. The third-order valence-electron chi connectivity index (χ3n) is 4.31. The molecule has 1 unspecified atom stereocenters. The normalized spacial score (nSPS) is 11.6. The van der Waals surface area contributed by atoms with E-state index in [-0.39, 0.29) is 24.3 Å². The topological polar surface area (TPSA) is 69.9 Å². The van der Waals surface area contributed by atoms with Crippen LogP contribution in [-0.2, 0) is 6.61 Å². The molecule has 0 aliphatic carbocycles. The Bertz CT molecular complexity index is 985. The van der Waals surface area contributed by atoms with Gasteiger partial charge in [-0.1, -0.05) is 17.7 Å². The van der Waals surface area contributed by atoms with Crippen LogP contribution in [0.2, 0.25) is 5.02 Å². The first-order chi connectivity index (χ1) is 14.0. The zero-order chi connectivity index (χ0) is 20.8. The van der Waals surface area contributed by atoms with Crippen LogP contribution in [-0.4, -0.2) is 20.1 Å². The lowest BCUT2D eigenvalue weighted by Gasteiger charge is -2.17. The minimum atomic E-state index is -0.337. The number of nitrogens with one attached hydrogen (secondary N) is 1. The molecule has 1 amide bonds.